The molecule has 2 bridgehead atoms. The van der Waals surface area contributed by atoms with Crippen LogP contribution in [-0.2, 0) is 25.5 Å². The monoisotopic (exact) mass is 483 g/mol. The van der Waals surface area contributed by atoms with Crippen molar-refractivity contribution in [3.63, 3.8) is 0 Å². The Labute approximate surface area is 210 Å². The number of esters is 1. The van der Waals surface area contributed by atoms with Crippen LogP contribution in [0.5, 0.6) is 0 Å². The van der Waals surface area contributed by atoms with Crippen molar-refractivity contribution in [2.24, 2.45) is 35.5 Å². The normalized spacial score (nSPS) is 31.0. The molecular formula is C30H29NO5. The van der Waals surface area contributed by atoms with Gasteiger partial charge in [-0.2, -0.15) is 0 Å². The molecular weight excluding hydrogens is 454 g/mol. The third-order valence-corrected chi connectivity index (χ3v) is 8.55. The molecule has 184 valence electrons. The van der Waals surface area contributed by atoms with Gasteiger partial charge in [0.25, 0.3) is 0 Å². The molecule has 36 heavy (non-hydrogen) atoms. The highest BCUT2D eigenvalue weighted by molar-refractivity contribution is 6.09. The Hall–Kier alpha value is -3.54. The van der Waals surface area contributed by atoms with Crippen molar-refractivity contribution in [3.05, 3.63) is 83.4 Å². The Morgan fingerprint density at radius 3 is 2.08 bits per heavy atom. The van der Waals surface area contributed by atoms with Gasteiger partial charge in [0.15, 0.2) is 6.10 Å². The van der Waals surface area contributed by atoms with Gasteiger partial charge >= 0.3 is 5.97 Å². The van der Waals surface area contributed by atoms with Gasteiger partial charge in [0.1, 0.15) is 6.04 Å². The zero-order valence-electron chi connectivity index (χ0n) is 20.4. The van der Waals surface area contributed by atoms with Crippen molar-refractivity contribution >= 4 is 23.6 Å². The van der Waals surface area contributed by atoms with Crippen LogP contribution in [0.1, 0.15) is 34.8 Å². The molecule has 0 N–H and O–H groups in total. The van der Waals surface area contributed by atoms with Crippen LogP contribution in [-0.4, -0.2) is 40.6 Å². The van der Waals surface area contributed by atoms with Gasteiger partial charge in [0.2, 0.25) is 17.6 Å². The van der Waals surface area contributed by atoms with Crippen LogP contribution in [0.25, 0.3) is 0 Å². The molecule has 6 heteroatoms. The molecule has 3 fully saturated rings. The van der Waals surface area contributed by atoms with E-state index in [4.69, 9.17) is 4.74 Å². The fourth-order valence-electron chi connectivity index (χ4n) is 6.66. The number of carbonyl (C=O) groups is 4. The zero-order chi connectivity index (χ0) is 25.1. The van der Waals surface area contributed by atoms with E-state index in [0.717, 1.165) is 17.5 Å². The number of benzene rings is 2. The van der Waals surface area contributed by atoms with Crippen LogP contribution in [0.2, 0.25) is 0 Å². The first-order valence-electron chi connectivity index (χ1n) is 12.8. The second-order valence-corrected chi connectivity index (χ2v) is 10.7. The summed E-state index contributed by atoms with van der Waals surface area (Å²) in [4.78, 5) is 55.1. The van der Waals surface area contributed by atoms with E-state index >= 15 is 0 Å². The van der Waals surface area contributed by atoms with Crippen LogP contribution in [0.15, 0.2) is 66.7 Å². The number of ketones is 1. The van der Waals surface area contributed by atoms with Gasteiger partial charge in [-0.05, 0) is 49.5 Å². The van der Waals surface area contributed by atoms with E-state index in [1.807, 2.05) is 49.4 Å². The SMILES string of the molecule is Cc1ccc(C(=O)[C@@H](C)OC(=O)[C@@H](Cc2ccccc2)N2C(=O)[C@@H]3[C@@H]4C=C[C@H]([C@H]5C[C@H]45)[C@@H]3C2=O)cc1. The van der Waals surface area contributed by atoms with Gasteiger partial charge < -0.3 is 4.74 Å². The number of ether oxygens (including phenoxy) is 1. The molecule has 2 amide bonds. The molecule has 0 aromatic heterocycles. The van der Waals surface area contributed by atoms with E-state index in [9.17, 15) is 19.2 Å². The fourth-order valence-corrected chi connectivity index (χ4v) is 6.66. The average Bonchev–Trinajstić information content (AvgIpc) is 3.67. The van der Waals surface area contributed by atoms with Crippen molar-refractivity contribution in [1.82, 2.24) is 4.90 Å². The largest absolute Gasteiger partial charge is 0.453 e. The number of hydrogen-bond donors (Lipinski definition) is 0. The Kier molecular flexibility index (Phi) is 5.43. The highest BCUT2D eigenvalue weighted by Crippen LogP contribution is 2.65. The lowest BCUT2D eigenvalue weighted by atomic mass is 9.63. The lowest BCUT2D eigenvalue weighted by molar-refractivity contribution is -0.160. The van der Waals surface area contributed by atoms with Crippen LogP contribution in [0.4, 0.5) is 0 Å². The first-order chi connectivity index (χ1) is 17.3. The number of Topliss-reactive ketones (excluding diaryl/α,β-unsaturated/α-hetero) is 1. The Morgan fingerprint density at radius 2 is 1.50 bits per heavy atom. The third-order valence-electron chi connectivity index (χ3n) is 8.55. The zero-order valence-corrected chi connectivity index (χ0v) is 20.4. The van der Waals surface area contributed by atoms with Gasteiger partial charge in [-0.25, -0.2) is 4.79 Å². The molecule has 2 aromatic rings. The van der Waals surface area contributed by atoms with E-state index < -0.39 is 30.0 Å². The number of nitrogens with zero attached hydrogens (tertiary/aromatic N) is 1. The Bertz CT molecular complexity index is 1230. The highest BCUT2D eigenvalue weighted by Gasteiger charge is 2.68. The van der Waals surface area contributed by atoms with Gasteiger partial charge in [0.05, 0.1) is 11.8 Å². The number of rotatable bonds is 7. The molecule has 2 saturated carbocycles. The first kappa shape index (κ1) is 22.9. The molecule has 4 aliphatic carbocycles. The van der Waals surface area contributed by atoms with Gasteiger partial charge in [-0.15, -0.1) is 0 Å². The number of allylic oxidation sites excluding steroid dienone is 2. The molecule has 1 heterocycles. The quantitative estimate of drug-likeness (QED) is 0.259. The summed E-state index contributed by atoms with van der Waals surface area (Å²) in [6, 6.07) is 15.3. The Balaban J connectivity index is 1.27. The molecule has 1 saturated heterocycles. The van der Waals surface area contributed by atoms with Crippen molar-refractivity contribution < 1.29 is 23.9 Å². The van der Waals surface area contributed by atoms with Gasteiger partial charge in [-0.3, -0.25) is 19.3 Å². The average molecular weight is 484 g/mol. The topological polar surface area (TPSA) is 80.8 Å². The van der Waals surface area contributed by atoms with Crippen LogP contribution < -0.4 is 0 Å². The minimum atomic E-state index is -1.11. The van der Waals surface area contributed by atoms with E-state index in [-0.39, 0.29) is 35.9 Å². The molecule has 0 unspecified atom stereocenters. The standard InChI is InChI=1S/C30H29NO5/c1-16-8-10-19(11-9-16)27(32)17(2)36-30(35)24(14-18-6-4-3-5-7-18)31-28(33)25-20-12-13-21(23-15-22(20)23)26(25)29(31)34/h3-13,17,20-26H,14-15H2,1-2H3/t17-,20-,21-,22-,23-,24-,25-,26+/m1/s1. The van der Waals surface area contributed by atoms with Crippen LogP contribution in [0.3, 0.4) is 0 Å². The molecule has 7 rings (SSSR count). The maximum atomic E-state index is 13.7. The molecule has 6 nitrogen and oxygen atoms in total. The number of amides is 2. The fraction of sp³-hybridized carbons (Fsp3) is 0.400. The van der Waals surface area contributed by atoms with Gasteiger partial charge in [0, 0.05) is 12.0 Å². The number of imide groups is 1. The highest BCUT2D eigenvalue weighted by atomic mass is 16.5. The predicted molar refractivity (Wildman–Crippen MR) is 132 cm³/mol. The summed E-state index contributed by atoms with van der Waals surface area (Å²) in [5.74, 6) is -1.29. The van der Waals surface area contributed by atoms with E-state index in [2.05, 4.69) is 12.2 Å². The first-order valence-corrected chi connectivity index (χ1v) is 12.8. The summed E-state index contributed by atoms with van der Waals surface area (Å²) in [7, 11) is 0. The Morgan fingerprint density at radius 1 is 0.917 bits per heavy atom. The number of carbonyl (C=O) groups excluding carboxylic acids is 4. The van der Waals surface area contributed by atoms with Crippen molar-refractivity contribution in [2.45, 2.75) is 38.8 Å². The number of aryl methyl sites for hydroxylation is 1. The van der Waals surface area contributed by atoms with Crippen molar-refractivity contribution in [2.75, 3.05) is 0 Å². The molecule has 8 atom stereocenters. The maximum Gasteiger partial charge on any atom is 0.330 e. The van der Waals surface area contributed by atoms with Crippen molar-refractivity contribution in [1.29, 1.82) is 0 Å². The van der Waals surface area contributed by atoms with Crippen LogP contribution in [0, 0.1) is 42.4 Å². The smallest absolute Gasteiger partial charge is 0.330 e. The summed E-state index contributed by atoms with van der Waals surface area (Å²) in [6.07, 6.45) is 4.41. The van der Waals surface area contributed by atoms with Crippen molar-refractivity contribution in [3.8, 4) is 0 Å². The summed E-state index contributed by atoms with van der Waals surface area (Å²) in [5, 5.41) is 0. The molecule has 2 aromatic carbocycles. The second-order valence-electron chi connectivity index (χ2n) is 10.7. The lowest BCUT2D eigenvalue weighted by Crippen LogP contribution is -2.49. The summed E-state index contributed by atoms with van der Waals surface area (Å²) in [5.41, 5.74) is 2.28. The van der Waals surface area contributed by atoms with Crippen LogP contribution >= 0.6 is 0 Å². The lowest BCUT2D eigenvalue weighted by Gasteiger charge is -2.37. The summed E-state index contributed by atoms with van der Waals surface area (Å²) >= 11 is 0. The predicted octanol–water partition coefficient (Wildman–Crippen LogP) is 3.77. The molecule has 5 aliphatic rings. The molecule has 0 spiro atoms. The minimum absolute atomic E-state index is 0.0712. The number of hydrogen-bond acceptors (Lipinski definition) is 5. The second kappa shape index (κ2) is 8.54. The minimum Gasteiger partial charge on any atom is -0.453 e. The summed E-state index contributed by atoms with van der Waals surface area (Å²) < 4.78 is 5.64. The van der Waals surface area contributed by atoms with E-state index in [1.165, 1.54) is 11.8 Å². The molecule has 0 radical (unpaired) electrons. The summed E-state index contributed by atoms with van der Waals surface area (Å²) in [6.45, 7) is 3.46. The number of likely N-dealkylation sites (tertiary alicyclic amines) is 1. The van der Waals surface area contributed by atoms with E-state index in [1.54, 1.807) is 12.1 Å². The maximum absolute atomic E-state index is 13.7. The molecule has 1 aliphatic heterocycles. The van der Waals surface area contributed by atoms with Gasteiger partial charge in [-0.1, -0.05) is 72.3 Å². The third kappa shape index (κ3) is 3.62. The van der Waals surface area contributed by atoms with E-state index in [0.29, 0.717) is 17.4 Å².